The molecule has 1 aromatic carbocycles. The third-order valence-corrected chi connectivity index (χ3v) is 5.90. The minimum absolute atomic E-state index is 0.244. The molecule has 1 N–H and O–H groups in total. The summed E-state index contributed by atoms with van der Waals surface area (Å²) in [5.74, 6) is -0.198. The Morgan fingerprint density at radius 1 is 1.29 bits per heavy atom. The molecule has 0 aliphatic carbocycles. The Kier molecular flexibility index (Phi) is 4.53. The van der Waals surface area contributed by atoms with Gasteiger partial charge in [0.15, 0.2) is 16.1 Å². The quantitative estimate of drug-likeness (QED) is 0.602. The number of ether oxygens (including phenoxy) is 3. The molecule has 1 spiro atoms. The summed E-state index contributed by atoms with van der Waals surface area (Å²) in [6.07, 6.45) is 0.311. The van der Waals surface area contributed by atoms with Gasteiger partial charge in [0.1, 0.15) is 11.9 Å². The fraction of sp³-hybridized carbons (Fsp3) is 0.450. The molecule has 0 radical (unpaired) electrons. The Morgan fingerprint density at radius 3 is 2.68 bits per heavy atom. The lowest BCUT2D eigenvalue weighted by molar-refractivity contribution is -0.160. The molecule has 2 aliphatic rings. The Hall–Kier alpha value is -2.61. The zero-order chi connectivity index (χ0) is 19.9. The molecule has 2 saturated heterocycles. The van der Waals surface area contributed by atoms with Gasteiger partial charge in [0.05, 0.1) is 12.3 Å². The smallest absolute Gasteiger partial charge is 0.324 e. The van der Waals surface area contributed by atoms with E-state index in [1.165, 1.54) is 11.3 Å². The molecule has 4 rings (SSSR count). The van der Waals surface area contributed by atoms with Gasteiger partial charge in [-0.1, -0.05) is 0 Å². The number of nitrogens with zero attached hydrogens (tertiary/aromatic N) is 1. The van der Waals surface area contributed by atoms with Gasteiger partial charge in [-0.3, -0.25) is 9.59 Å². The first-order valence-electron chi connectivity index (χ1n) is 9.25. The molecule has 0 amide bonds. The number of nitrogens with one attached hydrogen (secondary N) is 1. The van der Waals surface area contributed by atoms with E-state index in [4.69, 9.17) is 14.2 Å². The highest BCUT2D eigenvalue weighted by Gasteiger charge is 2.65. The van der Waals surface area contributed by atoms with Crippen molar-refractivity contribution in [2.75, 3.05) is 11.9 Å². The molecule has 7 nitrogen and oxygen atoms in total. The maximum absolute atomic E-state index is 12.6. The van der Waals surface area contributed by atoms with Gasteiger partial charge in [-0.25, -0.2) is 4.98 Å². The summed E-state index contributed by atoms with van der Waals surface area (Å²) in [7, 11) is 0. The molecule has 3 atom stereocenters. The Bertz CT molecular complexity index is 912. The summed E-state index contributed by atoms with van der Waals surface area (Å²) in [4.78, 5) is 29.4. The number of hydrogen-bond acceptors (Lipinski definition) is 8. The van der Waals surface area contributed by atoms with E-state index in [0.717, 1.165) is 11.4 Å². The minimum atomic E-state index is -1.21. The average Bonchev–Trinajstić information content (AvgIpc) is 3.29. The van der Waals surface area contributed by atoms with Gasteiger partial charge in [0.2, 0.25) is 0 Å². The second-order valence-electron chi connectivity index (χ2n) is 7.42. The van der Waals surface area contributed by atoms with Crippen molar-refractivity contribution in [3.05, 3.63) is 35.3 Å². The van der Waals surface area contributed by atoms with E-state index in [1.807, 2.05) is 36.6 Å². The number of carbonyl (C=O) groups is 2. The molecule has 3 heterocycles. The van der Waals surface area contributed by atoms with Crippen molar-refractivity contribution in [1.82, 2.24) is 4.98 Å². The Labute approximate surface area is 167 Å². The number of carbonyl (C=O) groups excluding carboxylic acids is 2. The van der Waals surface area contributed by atoms with Crippen LogP contribution in [-0.4, -0.2) is 29.6 Å². The van der Waals surface area contributed by atoms with Crippen molar-refractivity contribution >= 4 is 34.1 Å². The highest BCUT2D eigenvalue weighted by Crippen LogP contribution is 2.52. The maximum Gasteiger partial charge on any atom is 0.324 e. The van der Waals surface area contributed by atoms with E-state index < -0.39 is 23.0 Å². The lowest BCUT2D eigenvalue weighted by Gasteiger charge is -2.20. The number of aromatic nitrogens is 1. The first-order chi connectivity index (χ1) is 13.3. The van der Waals surface area contributed by atoms with Crippen molar-refractivity contribution in [3.8, 4) is 5.75 Å². The van der Waals surface area contributed by atoms with Gasteiger partial charge in [0.25, 0.3) is 0 Å². The van der Waals surface area contributed by atoms with Crippen LogP contribution in [0, 0.1) is 5.41 Å². The number of hydrogen-bond donors (Lipinski definition) is 1. The second-order valence-corrected chi connectivity index (χ2v) is 8.28. The molecule has 148 valence electrons. The monoisotopic (exact) mass is 402 g/mol. The Balaban J connectivity index is 1.51. The van der Waals surface area contributed by atoms with Gasteiger partial charge >= 0.3 is 11.9 Å². The van der Waals surface area contributed by atoms with Gasteiger partial charge in [0, 0.05) is 23.9 Å². The predicted octanol–water partition coefficient (Wildman–Crippen LogP) is 3.77. The van der Waals surface area contributed by atoms with Crippen LogP contribution in [0.5, 0.6) is 5.75 Å². The highest BCUT2D eigenvalue weighted by molar-refractivity contribution is 7.13. The number of esters is 2. The van der Waals surface area contributed by atoms with E-state index in [1.54, 1.807) is 13.8 Å². The SMILES string of the molecule is CCOc1ccc(Nc2nc([C@]3(C)C[C@@]4(C[C@H](C)OC4=O)C(=O)O3)cs2)cc1. The second kappa shape index (κ2) is 6.77. The number of thiazole rings is 1. The van der Waals surface area contributed by atoms with Crippen LogP contribution in [0.2, 0.25) is 0 Å². The molecule has 2 aromatic rings. The largest absolute Gasteiger partial charge is 0.494 e. The van der Waals surface area contributed by atoms with Crippen LogP contribution in [0.3, 0.4) is 0 Å². The summed E-state index contributed by atoms with van der Waals surface area (Å²) >= 11 is 1.42. The van der Waals surface area contributed by atoms with E-state index in [-0.39, 0.29) is 12.5 Å². The van der Waals surface area contributed by atoms with Crippen molar-refractivity contribution in [2.45, 2.75) is 45.3 Å². The number of cyclic esters (lactones) is 2. The zero-order valence-corrected chi connectivity index (χ0v) is 16.8. The van der Waals surface area contributed by atoms with Crippen LogP contribution in [0.4, 0.5) is 10.8 Å². The molecule has 2 aliphatic heterocycles. The average molecular weight is 402 g/mol. The highest BCUT2D eigenvalue weighted by atomic mass is 32.1. The van der Waals surface area contributed by atoms with Crippen LogP contribution in [0.1, 0.15) is 39.3 Å². The summed E-state index contributed by atoms with van der Waals surface area (Å²) in [5.41, 5.74) is -0.651. The molecule has 0 saturated carbocycles. The normalized spacial score (nSPS) is 29.0. The fourth-order valence-electron chi connectivity index (χ4n) is 3.85. The lowest BCUT2D eigenvalue weighted by atomic mass is 9.78. The molecule has 8 heteroatoms. The predicted molar refractivity (Wildman–Crippen MR) is 104 cm³/mol. The minimum Gasteiger partial charge on any atom is -0.494 e. The van der Waals surface area contributed by atoms with Gasteiger partial charge < -0.3 is 19.5 Å². The van der Waals surface area contributed by atoms with Crippen molar-refractivity contribution < 1.29 is 23.8 Å². The number of anilines is 2. The summed E-state index contributed by atoms with van der Waals surface area (Å²) in [5, 5.41) is 5.78. The topological polar surface area (TPSA) is 86.8 Å². The fourth-order valence-corrected chi connectivity index (χ4v) is 4.70. The molecule has 2 fully saturated rings. The summed E-state index contributed by atoms with van der Waals surface area (Å²) in [6, 6.07) is 7.59. The Morgan fingerprint density at radius 2 is 2.04 bits per heavy atom. The van der Waals surface area contributed by atoms with Crippen molar-refractivity contribution in [2.24, 2.45) is 5.41 Å². The number of rotatable bonds is 5. The maximum atomic E-state index is 12.6. The van der Waals surface area contributed by atoms with Crippen LogP contribution >= 0.6 is 11.3 Å². The zero-order valence-electron chi connectivity index (χ0n) is 16.0. The van der Waals surface area contributed by atoms with E-state index in [2.05, 4.69) is 10.3 Å². The summed E-state index contributed by atoms with van der Waals surface area (Å²) < 4.78 is 16.3. The number of benzene rings is 1. The first kappa shape index (κ1) is 18.7. The van der Waals surface area contributed by atoms with Gasteiger partial charge in [-0.2, -0.15) is 0 Å². The van der Waals surface area contributed by atoms with Crippen LogP contribution in [0.25, 0.3) is 0 Å². The van der Waals surface area contributed by atoms with Gasteiger partial charge in [-0.15, -0.1) is 11.3 Å². The third-order valence-electron chi connectivity index (χ3n) is 5.15. The third kappa shape index (κ3) is 3.11. The first-order valence-corrected chi connectivity index (χ1v) is 10.1. The van der Waals surface area contributed by atoms with Crippen molar-refractivity contribution in [3.63, 3.8) is 0 Å². The van der Waals surface area contributed by atoms with Crippen LogP contribution in [-0.2, 0) is 24.7 Å². The lowest BCUT2D eigenvalue weighted by Crippen LogP contribution is -2.31. The molecule has 1 aromatic heterocycles. The van der Waals surface area contributed by atoms with E-state index in [9.17, 15) is 9.59 Å². The van der Waals surface area contributed by atoms with Gasteiger partial charge in [-0.05, 0) is 45.0 Å². The standard InChI is InChI=1S/C20H22N2O5S/c1-4-25-14-7-5-13(6-8-14)21-18-22-15(10-28-18)19(3)11-20(17(24)27-19)9-12(2)26-16(20)23/h5-8,10,12H,4,9,11H2,1-3H3,(H,21,22)/t12-,19-,20+/m0/s1. The summed E-state index contributed by atoms with van der Waals surface area (Å²) in [6.45, 7) is 6.15. The van der Waals surface area contributed by atoms with E-state index >= 15 is 0 Å². The molecular weight excluding hydrogens is 380 g/mol. The van der Waals surface area contributed by atoms with Crippen LogP contribution in [0.15, 0.2) is 29.6 Å². The molecule has 0 unspecified atom stereocenters. The molecule has 28 heavy (non-hydrogen) atoms. The molecule has 0 bridgehead atoms. The van der Waals surface area contributed by atoms with Crippen molar-refractivity contribution in [1.29, 1.82) is 0 Å². The van der Waals surface area contributed by atoms with E-state index in [0.29, 0.717) is 23.9 Å². The van der Waals surface area contributed by atoms with Crippen LogP contribution < -0.4 is 10.1 Å². The molecular formula is C20H22N2O5S.